The molecule has 1 fully saturated rings. The Balaban J connectivity index is 1.86. The molecule has 0 amide bonds. The van der Waals surface area contributed by atoms with Gasteiger partial charge in [-0.25, -0.2) is 13.6 Å². The number of sulfonamides is 1. The summed E-state index contributed by atoms with van der Waals surface area (Å²) >= 11 is 0. The predicted octanol–water partition coefficient (Wildman–Crippen LogP) is 0.579. The lowest BCUT2D eigenvalue weighted by Crippen LogP contribution is -2.26. The van der Waals surface area contributed by atoms with Crippen molar-refractivity contribution in [3.8, 4) is 0 Å². The van der Waals surface area contributed by atoms with Gasteiger partial charge in [-0.15, -0.1) is 0 Å². The SMILES string of the molecule is CC(O)C1CCN(CCc2ccc(S(N)(=O)=O)cc2)C1. The van der Waals surface area contributed by atoms with Gasteiger partial charge in [0.15, 0.2) is 0 Å². The van der Waals surface area contributed by atoms with Crippen LogP contribution in [0.5, 0.6) is 0 Å². The molecule has 1 aliphatic heterocycles. The molecule has 0 saturated carbocycles. The first-order chi connectivity index (χ1) is 9.36. The van der Waals surface area contributed by atoms with E-state index in [1.54, 1.807) is 12.1 Å². The van der Waals surface area contributed by atoms with Gasteiger partial charge in [0.05, 0.1) is 11.0 Å². The number of benzene rings is 1. The molecule has 1 aromatic carbocycles. The summed E-state index contributed by atoms with van der Waals surface area (Å²) in [6, 6.07) is 6.71. The second kappa shape index (κ2) is 6.22. The fourth-order valence-electron chi connectivity index (χ4n) is 2.59. The largest absolute Gasteiger partial charge is 0.393 e. The number of hydrogen-bond acceptors (Lipinski definition) is 4. The van der Waals surface area contributed by atoms with E-state index < -0.39 is 10.0 Å². The highest BCUT2D eigenvalue weighted by Gasteiger charge is 2.25. The van der Waals surface area contributed by atoms with Gasteiger partial charge < -0.3 is 10.0 Å². The van der Waals surface area contributed by atoms with E-state index in [1.807, 2.05) is 19.1 Å². The van der Waals surface area contributed by atoms with Crippen LogP contribution in [0, 0.1) is 5.92 Å². The minimum absolute atomic E-state index is 0.150. The zero-order valence-electron chi connectivity index (χ0n) is 11.7. The Kier molecular flexibility index (Phi) is 4.80. The maximum Gasteiger partial charge on any atom is 0.238 e. The predicted molar refractivity (Wildman–Crippen MR) is 77.7 cm³/mol. The van der Waals surface area contributed by atoms with Gasteiger partial charge in [0.1, 0.15) is 0 Å². The summed E-state index contributed by atoms with van der Waals surface area (Å²) in [5.74, 6) is 0.375. The normalized spacial score (nSPS) is 22.1. The van der Waals surface area contributed by atoms with Gasteiger partial charge in [0.25, 0.3) is 0 Å². The van der Waals surface area contributed by atoms with Crippen LogP contribution in [-0.2, 0) is 16.4 Å². The van der Waals surface area contributed by atoms with Crippen molar-refractivity contribution in [2.75, 3.05) is 19.6 Å². The second-order valence-corrected chi connectivity index (χ2v) is 7.09. The van der Waals surface area contributed by atoms with Crippen LogP contribution < -0.4 is 5.14 Å². The molecule has 0 radical (unpaired) electrons. The average Bonchev–Trinajstić information content (AvgIpc) is 2.85. The maximum atomic E-state index is 11.2. The molecule has 6 heteroatoms. The first-order valence-electron chi connectivity index (χ1n) is 6.88. The molecule has 2 rings (SSSR count). The number of aliphatic hydroxyl groups excluding tert-OH is 1. The van der Waals surface area contributed by atoms with Gasteiger partial charge in [-0.1, -0.05) is 12.1 Å². The van der Waals surface area contributed by atoms with E-state index in [-0.39, 0.29) is 11.0 Å². The Hall–Kier alpha value is -0.950. The fourth-order valence-corrected chi connectivity index (χ4v) is 3.11. The second-order valence-electron chi connectivity index (χ2n) is 5.53. The quantitative estimate of drug-likeness (QED) is 0.833. The molecule has 20 heavy (non-hydrogen) atoms. The van der Waals surface area contributed by atoms with E-state index in [4.69, 9.17) is 5.14 Å². The van der Waals surface area contributed by atoms with E-state index in [2.05, 4.69) is 4.90 Å². The molecule has 3 N–H and O–H groups in total. The minimum Gasteiger partial charge on any atom is -0.393 e. The van der Waals surface area contributed by atoms with Crippen LogP contribution in [0.3, 0.4) is 0 Å². The van der Waals surface area contributed by atoms with Crippen molar-refractivity contribution in [1.29, 1.82) is 0 Å². The van der Waals surface area contributed by atoms with Crippen LogP contribution in [0.1, 0.15) is 18.9 Å². The van der Waals surface area contributed by atoms with Gasteiger partial charge in [0, 0.05) is 13.1 Å². The third kappa shape index (κ3) is 4.02. The van der Waals surface area contributed by atoms with Crippen molar-refractivity contribution in [2.24, 2.45) is 11.1 Å². The lowest BCUT2D eigenvalue weighted by Gasteiger charge is -2.17. The highest BCUT2D eigenvalue weighted by molar-refractivity contribution is 7.89. The number of likely N-dealkylation sites (tertiary alicyclic amines) is 1. The summed E-state index contributed by atoms with van der Waals surface area (Å²) in [4.78, 5) is 2.49. The highest BCUT2D eigenvalue weighted by atomic mass is 32.2. The third-order valence-electron chi connectivity index (χ3n) is 3.96. The Morgan fingerprint density at radius 3 is 2.55 bits per heavy atom. The Morgan fingerprint density at radius 1 is 1.40 bits per heavy atom. The molecule has 112 valence electrons. The summed E-state index contributed by atoms with van der Waals surface area (Å²) in [6.45, 7) is 4.73. The smallest absolute Gasteiger partial charge is 0.238 e. The summed E-state index contributed by atoms with van der Waals surface area (Å²) in [5.41, 5.74) is 1.10. The van der Waals surface area contributed by atoms with Gasteiger partial charge in [-0.2, -0.15) is 0 Å². The van der Waals surface area contributed by atoms with E-state index >= 15 is 0 Å². The van der Waals surface area contributed by atoms with Crippen molar-refractivity contribution in [3.63, 3.8) is 0 Å². The van der Waals surface area contributed by atoms with E-state index in [1.165, 1.54) is 0 Å². The van der Waals surface area contributed by atoms with Crippen molar-refractivity contribution in [1.82, 2.24) is 4.90 Å². The maximum absolute atomic E-state index is 11.2. The lowest BCUT2D eigenvalue weighted by atomic mass is 10.0. The molecule has 1 heterocycles. The zero-order valence-corrected chi connectivity index (χ0v) is 12.5. The van der Waals surface area contributed by atoms with E-state index in [0.29, 0.717) is 5.92 Å². The highest BCUT2D eigenvalue weighted by Crippen LogP contribution is 2.20. The van der Waals surface area contributed by atoms with Crippen molar-refractivity contribution in [2.45, 2.75) is 30.8 Å². The molecule has 0 aromatic heterocycles. The Bertz CT molecular complexity index is 540. The molecular formula is C14H22N2O3S. The van der Waals surface area contributed by atoms with Crippen LogP contribution in [0.15, 0.2) is 29.2 Å². The summed E-state index contributed by atoms with van der Waals surface area (Å²) in [7, 11) is -3.61. The third-order valence-corrected chi connectivity index (χ3v) is 4.89. The topological polar surface area (TPSA) is 83.6 Å². The first-order valence-corrected chi connectivity index (χ1v) is 8.43. The van der Waals surface area contributed by atoms with Crippen molar-refractivity contribution >= 4 is 10.0 Å². The van der Waals surface area contributed by atoms with Crippen molar-refractivity contribution < 1.29 is 13.5 Å². The summed E-state index contributed by atoms with van der Waals surface area (Å²) < 4.78 is 22.3. The van der Waals surface area contributed by atoms with Crippen LogP contribution in [0.25, 0.3) is 0 Å². The summed E-state index contributed by atoms with van der Waals surface area (Å²) in [6.07, 6.45) is 1.67. The molecule has 2 unspecified atom stereocenters. The lowest BCUT2D eigenvalue weighted by molar-refractivity contribution is 0.128. The van der Waals surface area contributed by atoms with Crippen LogP contribution in [0.2, 0.25) is 0 Å². The summed E-state index contributed by atoms with van der Waals surface area (Å²) in [5, 5.41) is 14.6. The van der Waals surface area contributed by atoms with Crippen LogP contribution in [-0.4, -0.2) is 44.2 Å². The molecule has 1 saturated heterocycles. The Morgan fingerprint density at radius 2 is 2.05 bits per heavy atom. The zero-order chi connectivity index (χ0) is 14.8. The molecule has 1 aliphatic rings. The van der Waals surface area contributed by atoms with Gasteiger partial charge in [-0.05, 0) is 49.9 Å². The number of nitrogens with zero attached hydrogens (tertiary/aromatic N) is 1. The monoisotopic (exact) mass is 298 g/mol. The molecule has 0 aliphatic carbocycles. The minimum atomic E-state index is -3.61. The number of hydrogen-bond donors (Lipinski definition) is 2. The van der Waals surface area contributed by atoms with Gasteiger partial charge >= 0.3 is 0 Å². The molecule has 0 spiro atoms. The van der Waals surface area contributed by atoms with Crippen LogP contribution >= 0.6 is 0 Å². The Labute approximate surface area is 120 Å². The standard InChI is InChI=1S/C14H22N2O3S/c1-11(17)13-7-9-16(10-13)8-6-12-2-4-14(5-3-12)20(15,18)19/h2-5,11,13,17H,6-10H2,1H3,(H2,15,18,19). The fraction of sp³-hybridized carbons (Fsp3) is 0.571. The molecular weight excluding hydrogens is 276 g/mol. The number of primary sulfonamides is 1. The van der Waals surface area contributed by atoms with E-state index in [0.717, 1.165) is 38.0 Å². The van der Waals surface area contributed by atoms with Gasteiger partial charge in [-0.3, -0.25) is 0 Å². The number of nitrogens with two attached hydrogens (primary N) is 1. The molecule has 2 atom stereocenters. The van der Waals surface area contributed by atoms with Gasteiger partial charge in [0.2, 0.25) is 10.0 Å². The average molecular weight is 298 g/mol. The number of rotatable bonds is 5. The van der Waals surface area contributed by atoms with Crippen LogP contribution in [0.4, 0.5) is 0 Å². The molecule has 1 aromatic rings. The number of aliphatic hydroxyl groups is 1. The first kappa shape index (κ1) is 15.4. The molecule has 5 nitrogen and oxygen atoms in total. The van der Waals surface area contributed by atoms with Crippen molar-refractivity contribution in [3.05, 3.63) is 29.8 Å². The van der Waals surface area contributed by atoms with E-state index in [9.17, 15) is 13.5 Å². The molecule has 0 bridgehead atoms.